The zero-order valence-corrected chi connectivity index (χ0v) is 9.34. The fourth-order valence-corrected chi connectivity index (χ4v) is 1.42. The third-order valence-electron chi connectivity index (χ3n) is 2.27. The normalized spacial score (nSPS) is 9.88. The first-order valence-electron chi connectivity index (χ1n) is 5.29. The Morgan fingerprint density at radius 2 is 1.94 bits per heavy atom. The minimum atomic E-state index is 0.250. The van der Waals surface area contributed by atoms with Gasteiger partial charge in [-0.25, -0.2) is 0 Å². The molecule has 0 spiro atoms. The number of rotatable bonds is 4. The van der Waals surface area contributed by atoms with Crippen molar-refractivity contribution < 1.29 is 9.84 Å². The number of nitrogens with zero attached hydrogens (tertiary/aromatic N) is 1. The van der Waals surface area contributed by atoms with E-state index >= 15 is 0 Å². The van der Waals surface area contributed by atoms with Gasteiger partial charge in [0.05, 0.1) is 11.9 Å². The molecule has 0 saturated heterocycles. The first-order chi connectivity index (χ1) is 8.29. The fourth-order valence-electron chi connectivity index (χ4n) is 1.42. The van der Waals surface area contributed by atoms with E-state index in [9.17, 15) is 5.11 Å². The van der Waals surface area contributed by atoms with Crippen LogP contribution >= 0.6 is 0 Å². The molecule has 1 aromatic carbocycles. The van der Waals surface area contributed by atoms with Gasteiger partial charge in [0.1, 0.15) is 18.1 Å². The van der Waals surface area contributed by atoms with E-state index in [4.69, 9.17) is 4.74 Å². The van der Waals surface area contributed by atoms with Crippen molar-refractivity contribution >= 4 is 0 Å². The van der Waals surface area contributed by atoms with Gasteiger partial charge < -0.3 is 9.84 Å². The SMILES string of the molecule is C=CCOc1ccc(-c2ccc(O)cc2)nc1. The van der Waals surface area contributed by atoms with Crippen LogP contribution in [0.1, 0.15) is 0 Å². The van der Waals surface area contributed by atoms with Crippen LogP contribution in [-0.2, 0) is 0 Å². The topological polar surface area (TPSA) is 42.4 Å². The molecule has 0 atom stereocenters. The lowest BCUT2D eigenvalue weighted by Gasteiger charge is -2.04. The molecule has 1 heterocycles. The number of phenols is 1. The van der Waals surface area contributed by atoms with Crippen LogP contribution in [0.4, 0.5) is 0 Å². The number of hydrogen-bond acceptors (Lipinski definition) is 3. The van der Waals surface area contributed by atoms with E-state index in [1.165, 1.54) is 0 Å². The summed E-state index contributed by atoms with van der Waals surface area (Å²) in [5.41, 5.74) is 1.80. The maximum Gasteiger partial charge on any atom is 0.138 e. The fraction of sp³-hybridized carbons (Fsp3) is 0.0714. The molecule has 0 aliphatic rings. The van der Waals surface area contributed by atoms with Crippen LogP contribution in [0, 0.1) is 0 Å². The number of aromatic nitrogens is 1. The van der Waals surface area contributed by atoms with Crippen LogP contribution < -0.4 is 4.74 Å². The van der Waals surface area contributed by atoms with Gasteiger partial charge in [-0.3, -0.25) is 4.98 Å². The predicted molar refractivity (Wildman–Crippen MR) is 67.0 cm³/mol. The predicted octanol–water partition coefficient (Wildman–Crippen LogP) is 3.02. The van der Waals surface area contributed by atoms with Crippen LogP contribution in [0.15, 0.2) is 55.3 Å². The Kier molecular flexibility index (Phi) is 3.40. The Labute approximate surface area is 100 Å². The van der Waals surface area contributed by atoms with E-state index in [2.05, 4.69) is 11.6 Å². The molecule has 0 unspecified atom stereocenters. The van der Waals surface area contributed by atoms with E-state index in [1.807, 2.05) is 24.3 Å². The molecule has 1 N–H and O–H groups in total. The van der Waals surface area contributed by atoms with Crippen molar-refractivity contribution in [1.29, 1.82) is 0 Å². The van der Waals surface area contributed by atoms with Crippen molar-refractivity contribution in [2.75, 3.05) is 6.61 Å². The zero-order chi connectivity index (χ0) is 12.1. The van der Waals surface area contributed by atoms with Crippen LogP contribution in [0.3, 0.4) is 0 Å². The highest BCUT2D eigenvalue weighted by Crippen LogP contribution is 2.21. The van der Waals surface area contributed by atoms with Crippen molar-refractivity contribution in [2.24, 2.45) is 0 Å². The van der Waals surface area contributed by atoms with Gasteiger partial charge in [-0.1, -0.05) is 12.7 Å². The summed E-state index contributed by atoms with van der Waals surface area (Å²) < 4.78 is 5.34. The summed E-state index contributed by atoms with van der Waals surface area (Å²) in [4.78, 5) is 4.29. The molecule has 0 aliphatic carbocycles. The Bertz CT molecular complexity index is 489. The second-order valence-electron chi connectivity index (χ2n) is 3.53. The van der Waals surface area contributed by atoms with Crippen molar-refractivity contribution in [1.82, 2.24) is 4.98 Å². The van der Waals surface area contributed by atoms with Crippen LogP contribution in [0.2, 0.25) is 0 Å². The lowest BCUT2D eigenvalue weighted by molar-refractivity contribution is 0.362. The zero-order valence-electron chi connectivity index (χ0n) is 9.34. The van der Waals surface area contributed by atoms with Crippen LogP contribution in [0.25, 0.3) is 11.3 Å². The van der Waals surface area contributed by atoms with Crippen molar-refractivity contribution in [3.63, 3.8) is 0 Å². The van der Waals surface area contributed by atoms with E-state index in [0.717, 1.165) is 11.3 Å². The highest BCUT2D eigenvalue weighted by Gasteiger charge is 2.00. The minimum absolute atomic E-state index is 0.250. The third kappa shape index (κ3) is 2.84. The first kappa shape index (κ1) is 11.2. The molecular weight excluding hydrogens is 214 g/mol. The summed E-state index contributed by atoms with van der Waals surface area (Å²) in [6, 6.07) is 10.7. The molecule has 17 heavy (non-hydrogen) atoms. The second-order valence-corrected chi connectivity index (χ2v) is 3.53. The average molecular weight is 227 g/mol. The van der Waals surface area contributed by atoms with Gasteiger partial charge in [0, 0.05) is 5.56 Å². The molecule has 0 saturated carbocycles. The summed E-state index contributed by atoms with van der Waals surface area (Å²) in [5, 5.41) is 9.20. The molecule has 2 rings (SSSR count). The van der Waals surface area contributed by atoms with E-state index in [0.29, 0.717) is 12.4 Å². The summed E-state index contributed by atoms with van der Waals surface area (Å²) in [6.45, 7) is 4.05. The Hall–Kier alpha value is -2.29. The largest absolute Gasteiger partial charge is 0.508 e. The summed E-state index contributed by atoms with van der Waals surface area (Å²) in [5.74, 6) is 0.965. The Morgan fingerprint density at radius 3 is 2.53 bits per heavy atom. The van der Waals surface area contributed by atoms with Crippen molar-refractivity contribution in [2.45, 2.75) is 0 Å². The lowest BCUT2D eigenvalue weighted by Crippen LogP contribution is -1.93. The maximum atomic E-state index is 9.20. The van der Waals surface area contributed by atoms with Gasteiger partial charge in [-0.05, 0) is 36.4 Å². The molecule has 0 amide bonds. The highest BCUT2D eigenvalue weighted by molar-refractivity contribution is 5.60. The average Bonchev–Trinajstić information content (AvgIpc) is 2.38. The van der Waals surface area contributed by atoms with Crippen molar-refractivity contribution in [3.8, 4) is 22.8 Å². The lowest BCUT2D eigenvalue weighted by atomic mass is 10.1. The van der Waals surface area contributed by atoms with E-state index in [1.54, 1.807) is 24.4 Å². The smallest absolute Gasteiger partial charge is 0.138 e. The molecule has 0 fully saturated rings. The molecule has 0 aliphatic heterocycles. The molecule has 2 aromatic rings. The molecule has 0 bridgehead atoms. The van der Waals surface area contributed by atoms with E-state index in [-0.39, 0.29) is 5.75 Å². The number of aromatic hydroxyl groups is 1. The molecule has 3 heteroatoms. The van der Waals surface area contributed by atoms with Gasteiger partial charge in [0.2, 0.25) is 0 Å². The number of pyridine rings is 1. The van der Waals surface area contributed by atoms with Gasteiger partial charge >= 0.3 is 0 Å². The third-order valence-corrected chi connectivity index (χ3v) is 2.27. The number of ether oxygens (including phenoxy) is 1. The second kappa shape index (κ2) is 5.16. The molecular formula is C14H13NO2. The monoisotopic (exact) mass is 227 g/mol. The summed E-state index contributed by atoms with van der Waals surface area (Å²) in [7, 11) is 0. The standard InChI is InChI=1S/C14H13NO2/c1-2-9-17-13-7-8-14(15-10-13)11-3-5-12(16)6-4-11/h2-8,10,16H,1,9H2. The quantitative estimate of drug-likeness (QED) is 0.816. The van der Waals surface area contributed by atoms with Gasteiger partial charge in [-0.2, -0.15) is 0 Å². The highest BCUT2D eigenvalue weighted by atomic mass is 16.5. The van der Waals surface area contributed by atoms with Gasteiger partial charge in [-0.15, -0.1) is 0 Å². The number of hydrogen-bond donors (Lipinski definition) is 1. The maximum absolute atomic E-state index is 9.20. The molecule has 86 valence electrons. The Balaban J connectivity index is 2.17. The molecule has 1 aromatic heterocycles. The molecule has 0 radical (unpaired) electrons. The summed E-state index contributed by atoms with van der Waals surface area (Å²) in [6.07, 6.45) is 3.36. The van der Waals surface area contributed by atoms with Gasteiger partial charge in [0.25, 0.3) is 0 Å². The number of benzene rings is 1. The summed E-state index contributed by atoms with van der Waals surface area (Å²) >= 11 is 0. The molecule has 3 nitrogen and oxygen atoms in total. The first-order valence-corrected chi connectivity index (χ1v) is 5.29. The van der Waals surface area contributed by atoms with E-state index < -0.39 is 0 Å². The van der Waals surface area contributed by atoms with Crippen molar-refractivity contribution in [3.05, 3.63) is 55.3 Å². The number of phenolic OH excluding ortho intramolecular Hbond substituents is 1. The minimum Gasteiger partial charge on any atom is -0.508 e. The van der Waals surface area contributed by atoms with Gasteiger partial charge in [0.15, 0.2) is 0 Å². The van der Waals surface area contributed by atoms with Crippen LogP contribution in [-0.4, -0.2) is 16.7 Å². The van der Waals surface area contributed by atoms with Crippen LogP contribution in [0.5, 0.6) is 11.5 Å². The Morgan fingerprint density at radius 1 is 1.18 bits per heavy atom.